The van der Waals surface area contributed by atoms with Crippen LogP contribution < -0.4 is 0 Å². The van der Waals surface area contributed by atoms with Crippen molar-refractivity contribution in [2.75, 3.05) is 119 Å². The molecule has 0 aromatic rings. The van der Waals surface area contributed by atoms with Gasteiger partial charge >= 0.3 is 11.9 Å². The van der Waals surface area contributed by atoms with Crippen molar-refractivity contribution in [3.8, 4) is 0 Å². The maximum atomic E-state index is 11.9. The van der Waals surface area contributed by atoms with Crippen LogP contribution in [0.2, 0.25) is 0 Å². The molecular formula is C38H72O12. The van der Waals surface area contributed by atoms with Crippen molar-refractivity contribution in [2.24, 2.45) is 0 Å². The standard InChI is InChI=1S/C38H72O12/c1-4-5-6-7-8-9-10-11-12-13-14-15-16-17-37(39)49-34-32-47-30-28-45-26-24-43-22-20-41-18-19-42-21-23-44-25-27-46-29-31-48-33-35-50-38(40)36(2)3/h2,4-35H2,1,3H3. The molecule has 0 N–H and O–H groups in total. The van der Waals surface area contributed by atoms with E-state index in [1.54, 1.807) is 6.92 Å². The first-order valence-electron chi connectivity index (χ1n) is 19.2. The fourth-order valence-electron chi connectivity index (χ4n) is 4.53. The Hall–Kier alpha value is -1.64. The number of esters is 2. The summed E-state index contributed by atoms with van der Waals surface area (Å²) in [6.45, 7) is 15.2. The second-order valence-electron chi connectivity index (χ2n) is 12.0. The molecule has 0 saturated heterocycles. The van der Waals surface area contributed by atoms with Gasteiger partial charge in [0.1, 0.15) is 13.2 Å². The van der Waals surface area contributed by atoms with Gasteiger partial charge < -0.3 is 47.4 Å². The molecule has 0 aliphatic rings. The Kier molecular flexibility index (Phi) is 40.4. The number of hydrogen-bond donors (Lipinski definition) is 0. The third kappa shape index (κ3) is 40.8. The lowest BCUT2D eigenvalue weighted by Gasteiger charge is -2.09. The van der Waals surface area contributed by atoms with Crippen LogP contribution in [0.25, 0.3) is 0 Å². The van der Waals surface area contributed by atoms with Gasteiger partial charge in [0.05, 0.1) is 106 Å². The van der Waals surface area contributed by atoms with Crippen molar-refractivity contribution in [3.63, 3.8) is 0 Å². The molecule has 12 heteroatoms. The Morgan fingerprint density at radius 3 is 0.940 bits per heavy atom. The van der Waals surface area contributed by atoms with Crippen molar-refractivity contribution in [1.82, 2.24) is 0 Å². The second-order valence-corrected chi connectivity index (χ2v) is 12.0. The highest BCUT2D eigenvalue weighted by molar-refractivity contribution is 5.86. The molecule has 0 rings (SSSR count). The van der Waals surface area contributed by atoms with Crippen LogP contribution in [0.5, 0.6) is 0 Å². The molecule has 0 unspecified atom stereocenters. The van der Waals surface area contributed by atoms with E-state index in [0.717, 1.165) is 12.8 Å². The van der Waals surface area contributed by atoms with Gasteiger partial charge in [-0.2, -0.15) is 0 Å². The van der Waals surface area contributed by atoms with Crippen molar-refractivity contribution in [3.05, 3.63) is 12.2 Å². The van der Waals surface area contributed by atoms with Crippen LogP contribution >= 0.6 is 0 Å². The van der Waals surface area contributed by atoms with Crippen molar-refractivity contribution >= 4 is 11.9 Å². The summed E-state index contributed by atoms with van der Waals surface area (Å²) in [5, 5.41) is 0. The minimum Gasteiger partial charge on any atom is -0.463 e. The van der Waals surface area contributed by atoms with Crippen LogP contribution in [0.3, 0.4) is 0 Å². The average Bonchev–Trinajstić information content (AvgIpc) is 3.11. The van der Waals surface area contributed by atoms with Gasteiger partial charge in [0.2, 0.25) is 0 Å². The van der Waals surface area contributed by atoms with Gasteiger partial charge in [0.15, 0.2) is 0 Å². The van der Waals surface area contributed by atoms with E-state index in [9.17, 15) is 9.59 Å². The molecule has 0 spiro atoms. The van der Waals surface area contributed by atoms with Crippen molar-refractivity contribution in [2.45, 2.75) is 104 Å². The highest BCUT2D eigenvalue weighted by Gasteiger charge is 2.04. The molecule has 0 amide bonds. The first-order chi connectivity index (χ1) is 24.6. The van der Waals surface area contributed by atoms with Gasteiger partial charge in [-0.3, -0.25) is 4.79 Å². The molecular weight excluding hydrogens is 648 g/mol. The van der Waals surface area contributed by atoms with E-state index in [-0.39, 0.29) is 19.2 Å². The molecule has 0 aliphatic carbocycles. The molecule has 0 radical (unpaired) electrons. The molecule has 296 valence electrons. The average molecular weight is 721 g/mol. The van der Waals surface area contributed by atoms with Crippen LogP contribution in [0.15, 0.2) is 12.2 Å². The lowest BCUT2D eigenvalue weighted by atomic mass is 10.0. The predicted molar refractivity (Wildman–Crippen MR) is 194 cm³/mol. The van der Waals surface area contributed by atoms with Gasteiger partial charge in [-0.15, -0.1) is 0 Å². The third-order valence-corrected chi connectivity index (χ3v) is 7.39. The van der Waals surface area contributed by atoms with Crippen LogP contribution in [-0.2, 0) is 57.0 Å². The molecule has 0 heterocycles. The SMILES string of the molecule is C=C(C)C(=O)OCCOCCOCCOCCOCCOCCOCCOCCOCCOC(=O)CCCCCCCCCCCCCCC. The van der Waals surface area contributed by atoms with Gasteiger partial charge in [0, 0.05) is 12.0 Å². The summed E-state index contributed by atoms with van der Waals surface area (Å²) >= 11 is 0. The minimum absolute atomic E-state index is 0.136. The molecule has 12 nitrogen and oxygen atoms in total. The summed E-state index contributed by atoms with van der Waals surface area (Å²) in [7, 11) is 0. The number of carbonyl (C=O) groups is 2. The number of hydrogen-bond acceptors (Lipinski definition) is 12. The van der Waals surface area contributed by atoms with E-state index in [4.69, 9.17) is 47.4 Å². The molecule has 0 aliphatic heterocycles. The number of rotatable bonds is 42. The van der Waals surface area contributed by atoms with E-state index >= 15 is 0 Å². The highest BCUT2D eigenvalue weighted by Crippen LogP contribution is 2.13. The zero-order valence-electron chi connectivity index (χ0n) is 31.7. The normalized spacial score (nSPS) is 11.2. The lowest BCUT2D eigenvalue weighted by molar-refractivity contribution is -0.145. The Balaban J connectivity index is 3.15. The zero-order chi connectivity index (χ0) is 36.4. The number of unbranched alkanes of at least 4 members (excludes halogenated alkanes) is 12. The third-order valence-electron chi connectivity index (χ3n) is 7.39. The maximum Gasteiger partial charge on any atom is 0.333 e. The number of ether oxygens (including phenoxy) is 10. The predicted octanol–water partition coefficient (Wildman–Crippen LogP) is 6.26. The summed E-state index contributed by atoms with van der Waals surface area (Å²) in [5.41, 5.74) is 0.370. The summed E-state index contributed by atoms with van der Waals surface area (Å²) in [5.74, 6) is -0.549. The first-order valence-corrected chi connectivity index (χ1v) is 19.2. The van der Waals surface area contributed by atoms with Gasteiger partial charge in [-0.25, -0.2) is 4.79 Å². The van der Waals surface area contributed by atoms with E-state index in [0.29, 0.717) is 118 Å². The molecule has 50 heavy (non-hydrogen) atoms. The zero-order valence-corrected chi connectivity index (χ0v) is 31.7. The van der Waals surface area contributed by atoms with E-state index < -0.39 is 5.97 Å². The molecule has 0 bridgehead atoms. The van der Waals surface area contributed by atoms with Crippen LogP contribution in [-0.4, -0.2) is 131 Å². The maximum absolute atomic E-state index is 11.9. The summed E-state index contributed by atoms with van der Waals surface area (Å²) in [6.07, 6.45) is 17.3. The Bertz CT molecular complexity index is 737. The topological polar surface area (TPSA) is 126 Å². The van der Waals surface area contributed by atoms with Gasteiger partial charge in [0.25, 0.3) is 0 Å². The van der Waals surface area contributed by atoms with Crippen molar-refractivity contribution in [1.29, 1.82) is 0 Å². The number of carbonyl (C=O) groups excluding carboxylic acids is 2. The molecule has 0 atom stereocenters. The summed E-state index contributed by atoms with van der Waals surface area (Å²) in [4.78, 5) is 23.1. The molecule has 0 fully saturated rings. The fraction of sp³-hybridized carbons (Fsp3) is 0.895. The van der Waals surface area contributed by atoms with E-state index in [1.165, 1.54) is 70.6 Å². The van der Waals surface area contributed by atoms with E-state index in [1.807, 2.05) is 0 Å². The quantitative estimate of drug-likeness (QED) is 0.0401. The largest absolute Gasteiger partial charge is 0.463 e. The van der Waals surface area contributed by atoms with E-state index in [2.05, 4.69) is 13.5 Å². The van der Waals surface area contributed by atoms with Crippen LogP contribution in [0.4, 0.5) is 0 Å². The summed E-state index contributed by atoms with van der Waals surface area (Å²) in [6, 6.07) is 0. The van der Waals surface area contributed by atoms with Gasteiger partial charge in [-0.1, -0.05) is 90.6 Å². The van der Waals surface area contributed by atoms with Crippen LogP contribution in [0, 0.1) is 0 Å². The summed E-state index contributed by atoms with van der Waals surface area (Å²) < 4.78 is 53.7. The lowest BCUT2D eigenvalue weighted by Crippen LogP contribution is -2.15. The highest BCUT2D eigenvalue weighted by atomic mass is 16.6. The fourth-order valence-corrected chi connectivity index (χ4v) is 4.53. The second kappa shape index (κ2) is 41.8. The molecule has 0 saturated carbocycles. The Morgan fingerprint density at radius 2 is 0.640 bits per heavy atom. The Labute approximate surface area is 303 Å². The molecule has 0 aromatic carbocycles. The van der Waals surface area contributed by atoms with Crippen LogP contribution in [0.1, 0.15) is 104 Å². The minimum atomic E-state index is -0.413. The monoisotopic (exact) mass is 721 g/mol. The van der Waals surface area contributed by atoms with Crippen molar-refractivity contribution < 1.29 is 57.0 Å². The first kappa shape index (κ1) is 48.4. The smallest absolute Gasteiger partial charge is 0.333 e. The Morgan fingerprint density at radius 1 is 0.380 bits per heavy atom. The van der Waals surface area contributed by atoms with Gasteiger partial charge in [-0.05, 0) is 13.3 Å². The molecule has 0 aromatic heterocycles.